The fraction of sp³-hybridized carbons (Fsp3) is 1.00. The Hall–Kier alpha value is 0.290. The normalized spacial score (nSPS) is 14.0. The van der Waals surface area contributed by atoms with E-state index in [0.717, 1.165) is 6.42 Å². The molecule has 0 bridgehead atoms. The molecule has 0 amide bonds. The van der Waals surface area contributed by atoms with Crippen LogP contribution in [0.25, 0.3) is 0 Å². The summed E-state index contributed by atoms with van der Waals surface area (Å²) in [6.45, 7) is 10.7. The molecular weight excluding hydrogens is 132 g/mol. The lowest BCUT2D eigenvalue weighted by molar-refractivity contribution is 0.336. The number of hydrogen-bond acceptors (Lipinski definition) is 0. The summed E-state index contributed by atoms with van der Waals surface area (Å²) in [5, 5.41) is 0. The van der Waals surface area contributed by atoms with Gasteiger partial charge < -0.3 is 0 Å². The van der Waals surface area contributed by atoms with Gasteiger partial charge in [-0.2, -0.15) is 0 Å². The molecule has 0 aliphatic carbocycles. The molecule has 1 heteroatoms. The van der Waals surface area contributed by atoms with Gasteiger partial charge in [-0.05, 0) is 25.7 Å². The zero-order valence-corrected chi connectivity index (χ0v) is 7.84. The lowest BCUT2D eigenvalue weighted by atomic mass is 9.86. The van der Waals surface area contributed by atoms with Gasteiger partial charge in [0.15, 0.2) is 0 Å². The molecule has 56 valence electrons. The van der Waals surface area contributed by atoms with Gasteiger partial charge in [0.05, 0.1) is 0 Å². The Morgan fingerprint density at radius 1 is 1.00 bits per heavy atom. The van der Waals surface area contributed by atoms with Crippen molar-refractivity contribution < 1.29 is 0 Å². The zero-order chi connectivity index (χ0) is 7.71. The van der Waals surface area contributed by atoms with Gasteiger partial charge >= 0.3 is 0 Å². The van der Waals surface area contributed by atoms with Crippen LogP contribution in [0.15, 0.2) is 0 Å². The standard InChI is InChI=1S/C8H17Cl/c1-7(2,3)6-8(4,5)9/h6H2,1-5H3. The third kappa shape index (κ3) is 8.29. The van der Waals surface area contributed by atoms with Gasteiger partial charge in [0.2, 0.25) is 0 Å². The summed E-state index contributed by atoms with van der Waals surface area (Å²) < 4.78 is 0. The fourth-order valence-electron chi connectivity index (χ4n) is 1.26. The first-order valence-electron chi connectivity index (χ1n) is 3.40. The van der Waals surface area contributed by atoms with Crippen LogP contribution in [0.2, 0.25) is 0 Å². The highest BCUT2D eigenvalue weighted by molar-refractivity contribution is 6.23. The van der Waals surface area contributed by atoms with Gasteiger partial charge in [0.1, 0.15) is 0 Å². The van der Waals surface area contributed by atoms with Crippen molar-refractivity contribution in [1.29, 1.82) is 0 Å². The number of hydrogen-bond donors (Lipinski definition) is 0. The molecule has 0 fully saturated rings. The second-order valence-electron chi connectivity index (χ2n) is 4.46. The molecule has 0 atom stereocenters. The number of halogens is 1. The van der Waals surface area contributed by atoms with Crippen molar-refractivity contribution in [2.75, 3.05) is 0 Å². The predicted molar refractivity (Wildman–Crippen MR) is 44.0 cm³/mol. The third-order valence-electron chi connectivity index (χ3n) is 0.951. The van der Waals surface area contributed by atoms with Gasteiger partial charge in [0, 0.05) is 4.87 Å². The summed E-state index contributed by atoms with van der Waals surface area (Å²) in [6.07, 6.45) is 1.06. The molecule has 9 heavy (non-hydrogen) atoms. The molecule has 0 nitrogen and oxygen atoms in total. The van der Waals surface area contributed by atoms with E-state index >= 15 is 0 Å². The highest BCUT2D eigenvalue weighted by Crippen LogP contribution is 2.30. The molecule has 0 aromatic rings. The highest BCUT2D eigenvalue weighted by Gasteiger charge is 2.22. The molecule has 0 saturated heterocycles. The van der Waals surface area contributed by atoms with Crippen LogP contribution < -0.4 is 0 Å². The van der Waals surface area contributed by atoms with Crippen LogP contribution in [0.5, 0.6) is 0 Å². The maximum absolute atomic E-state index is 6.02. The van der Waals surface area contributed by atoms with E-state index in [2.05, 4.69) is 34.6 Å². The lowest BCUT2D eigenvalue weighted by Crippen LogP contribution is -2.20. The number of alkyl halides is 1. The molecule has 0 unspecified atom stereocenters. The lowest BCUT2D eigenvalue weighted by Gasteiger charge is -2.26. The van der Waals surface area contributed by atoms with Crippen molar-refractivity contribution in [3.63, 3.8) is 0 Å². The quantitative estimate of drug-likeness (QED) is 0.500. The van der Waals surface area contributed by atoms with Crippen molar-refractivity contribution >= 4 is 11.6 Å². The molecule has 0 N–H and O–H groups in total. The van der Waals surface area contributed by atoms with Gasteiger partial charge in [-0.15, -0.1) is 11.6 Å². The van der Waals surface area contributed by atoms with E-state index < -0.39 is 0 Å². The third-order valence-corrected chi connectivity index (χ3v) is 1.08. The average molecular weight is 149 g/mol. The smallest absolute Gasteiger partial charge is 0.0395 e. The molecule has 0 saturated carbocycles. The molecule has 0 rings (SSSR count). The number of rotatable bonds is 1. The first-order valence-corrected chi connectivity index (χ1v) is 3.77. The van der Waals surface area contributed by atoms with Gasteiger partial charge in [-0.25, -0.2) is 0 Å². The Kier molecular flexibility index (Phi) is 2.57. The summed E-state index contributed by atoms with van der Waals surface area (Å²) in [7, 11) is 0. The first-order chi connectivity index (χ1) is 3.71. The fourth-order valence-corrected chi connectivity index (χ4v) is 1.66. The van der Waals surface area contributed by atoms with Crippen LogP contribution >= 0.6 is 11.6 Å². The van der Waals surface area contributed by atoms with E-state index in [1.807, 2.05) is 0 Å². The van der Waals surface area contributed by atoms with Crippen LogP contribution in [0.3, 0.4) is 0 Å². The second kappa shape index (κ2) is 2.49. The Balaban J connectivity index is 3.75. The van der Waals surface area contributed by atoms with Crippen LogP contribution in [0.1, 0.15) is 41.0 Å². The van der Waals surface area contributed by atoms with Crippen LogP contribution in [-0.4, -0.2) is 4.87 Å². The minimum atomic E-state index is -0.0434. The van der Waals surface area contributed by atoms with Crippen molar-refractivity contribution in [2.45, 2.75) is 45.9 Å². The Morgan fingerprint density at radius 3 is 1.33 bits per heavy atom. The molecular formula is C8H17Cl. The second-order valence-corrected chi connectivity index (χ2v) is 5.48. The van der Waals surface area contributed by atoms with Crippen molar-refractivity contribution in [3.05, 3.63) is 0 Å². The van der Waals surface area contributed by atoms with E-state index in [4.69, 9.17) is 11.6 Å². The van der Waals surface area contributed by atoms with Crippen LogP contribution in [0, 0.1) is 5.41 Å². The Labute approximate surface area is 63.6 Å². The van der Waals surface area contributed by atoms with Crippen molar-refractivity contribution in [3.8, 4) is 0 Å². The first kappa shape index (κ1) is 9.29. The maximum Gasteiger partial charge on any atom is 0.0395 e. The Morgan fingerprint density at radius 2 is 1.33 bits per heavy atom. The van der Waals surface area contributed by atoms with Crippen molar-refractivity contribution in [1.82, 2.24) is 0 Å². The van der Waals surface area contributed by atoms with E-state index in [0.29, 0.717) is 5.41 Å². The summed E-state index contributed by atoms with van der Waals surface area (Å²) in [5.41, 5.74) is 0.352. The van der Waals surface area contributed by atoms with Gasteiger partial charge in [0.25, 0.3) is 0 Å². The van der Waals surface area contributed by atoms with Gasteiger partial charge in [-0.3, -0.25) is 0 Å². The largest absolute Gasteiger partial charge is 0.120 e. The van der Waals surface area contributed by atoms with E-state index in [-0.39, 0.29) is 4.87 Å². The highest BCUT2D eigenvalue weighted by atomic mass is 35.5. The Bertz CT molecular complexity index is 69.7. The minimum Gasteiger partial charge on any atom is -0.120 e. The summed E-state index contributed by atoms with van der Waals surface area (Å²) >= 11 is 6.02. The molecule has 0 aliphatic heterocycles. The SMILES string of the molecule is CC(C)(C)CC(C)(C)Cl. The zero-order valence-electron chi connectivity index (χ0n) is 7.09. The molecule has 0 aromatic carbocycles. The maximum atomic E-state index is 6.02. The van der Waals surface area contributed by atoms with Crippen LogP contribution in [0.4, 0.5) is 0 Å². The molecule has 0 radical (unpaired) electrons. The summed E-state index contributed by atoms with van der Waals surface area (Å²) in [4.78, 5) is -0.0434. The van der Waals surface area contributed by atoms with Crippen molar-refractivity contribution in [2.24, 2.45) is 5.41 Å². The van der Waals surface area contributed by atoms with Crippen LogP contribution in [-0.2, 0) is 0 Å². The summed E-state index contributed by atoms with van der Waals surface area (Å²) in [5.74, 6) is 0. The molecule has 0 heterocycles. The van der Waals surface area contributed by atoms with Gasteiger partial charge in [-0.1, -0.05) is 20.8 Å². The predicted octanol–water partition coefficient (Wildman–Crippen LogP) is 3.44. The monoisotopic (exact) mass is 148 g/mol. The van der Waals surface area contributed by atoms with E-state index in [9.17, 15) is 0 Å². The summed E-state index contributed by atoms with van der Waals surface area (Å²) in [6, 6.07) is 0. The molecule has 0 aromatic heterocycles. The van der Waals surface area contributed by atoms with E-state index in [1.54, 1.807) is 0 Å². The molecule has 0 aliphatic rings. The molecule has 0 spiro atoms. The van der Waals surface area contributed by atoms with E-state index in [1.165, 1.54) is 0 Å². The minimum absolute atomic E-state index is 0.0434. The topological polar surface area (TPSA) is 0 Å². The average Bonchev–Trinajstić information content (AvgIpc) is 1.14.